The predicted molar refractivity (Wildman–Crippen MR) is 93.0 cm³/mol. The summed E-state index contributed by atoms with van der Waals surface area (Å²) in [6.07, 6.45) is 2.57. The lowest BCUT2D eigenvalue weighted by molar-refractivity contribution is -0.113. The van der Waals surface area contributed by atoms with Crippen LogP contribution in [0, 0.1) is 0 Å². The highest BCUT2D eigenvalue weighted by atomic mass is 35.5. The largest absolute Gasteiger partial charge is 0.323 e. The Bertz CT molecular complexity index is 674. The van der Waals surface area contributed by atoms with Crippen LogP contribution in [0.15, 0.2) is 23.5 Å². The van der Waals surface area contributed by atoms with Crippen molar-refractivity contribution in [3.8, 4) is 0 Å². The molecular weight excluding hydrogens is 334 g/mol. The Kier molecular flexibility index (Phi) is 6.41. The van der Waals surface area contributed by atoms with Crippen LogP contribution in [0.2, 0.25) is 5.15 Å². The van der Waals surface area contributed by atoms with Gasteiger partial charge < -0.3 is 9.88 Å². The van der Waals surface area contributed by atoms with E-state index in [1.807, 2.05) is 0 Å². The molecule has 2 rings (SSSR count). The maximum atomic E-state index is 12.1. The molecule has 0 aliphatic carbocycles. The van der Waals surface area contributed by atoms with Crippen LogP contribution < -0.4 is 5.32 Å². The number of aromatic nitrogens is 4. The minimum atomic E-state index is -0.151. The molecule has 0 aliphatic heterocycles. The minimum Gasteiger partial charge on any atom is -0.323 e. The summed E-state index contributed by atoms with van der Waals surface area (Å²) in [5.74, 6) is 1.34. The van der Waals surface area contributed by atoms with Gasteiger partial charge in [0.05, 0.1) is 11.4 Å². The molecule has 0 spiro atoms. The summed E-state index contributed by atoms with van der Waals surface area (Å²) >= 11 is 7.30. The van der Waals surface area contributed by atoms with Crippen LogP contribution in [0.1, 0.15) is 38.9 Å². The number of pyridine rings is 1. The van der Waals surface area contributed by atoms with Crippen molar-refractivity contribution >= 4 is 35.0 Å². The molecule has 2 aromatic heterocycles. The Morgan fingerprint density at radius 2 is 2.22 bits per heavy atom. The van der Waals surface area contributed by atoms with Gasteiger partial charge in [-0.15, -0.1) is 10.2 Å². The molecule has 1 N–H and O–H groups in total. The van der Waals surface area contributed by atoms with Gasteiger partial charge in [0, 0.05) is 18.7 Å². The highest BCUT2D eigenvalue weighted by molar-refractivity contribution is 7.99. The zero-order valence-electron chi connectivity index (χ0n) is 13.4. The monoisotopic (exact) mass is 353 g/mol. The third kappa shape index (κ3) is 4.68. The van der Waals surface area contributed by atoms with Gasteiger partial charge in [-0.25, -0.2) is 4.98 Å². The molecule has 124 valence electrons. The quantitative estimate of drug-likeness (QED) is 0.608. The van der Waals surface area contributed by atoms with Crippen LogP contribution in [0.3, 0.4) is 0 Å². The fraction of sp³-hybridized carbons (Fsp3) is 0.467. The van der Waals surface area contributed by atoms with Gasteiger partial charge >= 0.3 is 0 Å². The summed E-state index contributed by atoms with van der Waals surface area (Å²) in [7, 11) is 0. The second-order valence-corrected chi connectivity index (χ2v) is 6.63. The number of carbonyl (C=O) groups is 1. The molecule has 0 aromatic carbocycles. The zero-order chi connectivity index (χ0) is 16.8. The van der Waals surface area contributed by atoms with Gasteiger partial charge in [0.1, 0.15) is 5.82 Å². The molecule has 1 amide bonds. The molecule has 0 saturated heterocycles. The third-order valence-electron chi connectivity index (χ3n) is 3.07. The molecule has 0 saturated carbocycles. The first-order valence-electron chi connectivity index (χ1n) is 7.49. The van der Waals surface area contributed by atoms with Crippen molar-refractivity contribution in [2.45, 2.75) is 44.8 Å². The van der Waals surface area contributed by atoms with Crippen molar-refractivity contribution in [3.05, 3.63) is 29.3 Å². The molecule has 0 radical (unpaired) electrons. The minimum absolute atomic E-state index is 0.151. The third-order valence-corrected chi connectivity index (χ3v) is 4.34. The maximum absolute atomic E-state index is 12.1. The van der Waals surface area contributed by atoms with Gasteiger partial charge in [-0.1, -0.05) is 44.1 Å². The molecule has 0 unspecified atom stereocenters. The summed E-state index contributed by atoms with van der Waals surface area (Å²) < 4.78 is 2.08. The van der Waals surface area contributed by atoms with E-state index >= 15 is 0 Å². The Balaban J connectivity index is 2.00. The first-order chi connectivity index (χ1) is 11.0. The van der Waals surface area contributed by atoms with E-state index in [0.29, 0.717) is 11.6 Å². The molecule has 2 aromatic rings. The fourth-order valence-corrected chi connectivity index (χ4v) is 3.00. The van der Waals surface area contributed by atoms with Crippen molar-refractivity contribution in [1.82, 2.24) is 19.7 Å². The van der Waals surface area contributed by atoms with Crippen LogP contribution in [-0.4, -0.2) is 31.4 Å². The Morgan fingerprint density at radius 3 is 2.87 bits per heavy atom. The topological polar surface area (TPSA) is 72.7 Å². The van der Waals surface area contributed by atoms with Gasteiger partial charge in [-0.2, -0.15) is 0 Å². The van der Waals surface area contributed by atoms with Crippen LogP contribution >= 0.6 is 23.4 Å². The Labute approximate surface area is 145 Å². The standard InChI is InChI=1S/C15H20ClN5OS/c1-4-8-21-14(10(2)3)19-20-15(21)23-9-12(22)18-11-6-5-7-17-13(11)16/h5-7,10H,4,8-9H2,1-3H3,(H,18,22). The number of hydrogen-bond donors (Lipinski definition) is 1. The number of halogens is 1. The smallest absolute Gasteiger partial charge is 0.234 e. The lowest BCUT2D eigenvalue weighted by Crippen LogP contribution is -2.15. The van der Waals surface area contributed by atoms with E-state index in [0.717, 1.165) is 23.9 Å². The number of thioether (sulfide) groups is 1. The van der Waals surface area contributed by atoms with Gasteiger partial charge in [0.2, 0.25) is 5.91 Å². The van der Waals surface area contributed by atoms with Crippen LogP contribution in [0.4, 0.5) is 5.69 Å². The van der Waals surface area contributed by atoms with Crippen LogP contribution in [0.25, 0.3) is 0 Å². The summed E-state index contributed by atoms with van der Waals surface area (Å²) in [6, 6.07) is 3.44. The SMILES string of the molecule is CCCn1c(SCC(=O)Nc2cccnc2Cl)nnc1C(C)C. The first-order valence-corrected chi connectivity index (χ1v) is 8.85. The Hall–Kier alpha value is -1.60. The molecule has 6 nitrogen and oxygen atoms in total. The molecule has 0 bridgehead atoms. The van der Waals surface area contributed by atoms with Crippen LogP contribution in [-0.2, 0) is 11.3 Å². The number of anilines is 1. The van der Waals surface area contributed by atoms with Gasteiger partial charge in [-0.05, 0) is 18.6 Å². The second-order valence-electron chi connectivity index (χ2n) is 5.33. The summed E-state index contributed by atoms with van der Waals surface area (Å²) in [5, 5.41) is 12.2. The number of nitrogens with one attached hydrogen (secondary N) is 1. The highest BCUT2D eigenvalue weighted by Gasteiger charge is 2.16. The number of nitrogens with zero attached hydrogens (tertiary/aromatic N) is 4. The number of hydrogen-bond acceptors (Lipinski definition) is 5. The number of amides is 1. The average Bonchev–Trinajstić information content (AvgIpc) is 2.91. The maximum Gasteiger partial charge on any atom is 0.234 e. The van der Waals surface area contributed by atoms with Crippen molar-refractivity contribution in [1.29, 1.82) is 0 Å². The van der Waals surface area contributed by atoms with Gasteiger partial charge in [-0.3, -0.25) is 4.79 Å². The summed E-state index contributed by atoms with van der Waals surface area (Å²) in [4.78, 5) is 16.0. The predicted octanol–water partition coefficient (Wildman–Crippen LogP) is 3.59. The van der Waals surface area contributed by atoms with E-state index < -0.39 is 0 Å². The average molecular weight is 354 g/mol. The normalized spacial score (nSPS) is 11.0. The zero-order valence-corrected chi connectivity index (χ0v) is 15.0. The molecule has 0 aliphatic rings. The van der Waals surface area contributed by atoms with Crippen LogP contribution in [0.5, 0.6) is 0 Å². The molecular formula is C15H20ClN5OS. The van der Waals surface area contributed by atoms with Gasteiger partial charge in [0.15, 0.2) is 10.3 Å². The van der Waals surface area contributed by atoms with Gasteiger partial charge in [0.25, 0.3) is 0 Å². The molecule has 0 atom stereocenters. The van der Waals surface area contributed by atoms with E-state index in [1.54, 1.807) is 18.3 Å². The summed E-state index contributed by atoms with van der Waals surface area (Å²) in [5.41, 5.74) is 0.512. The van der Waals surface area contributed by atoms with Crippen molar-refractivity contribution in [3.63, 3.8) is 0 Å². The lowest BCUT2D eigenvalue weighted by atomic mass is 10.2. The van der Waals surface area contributed by atoms with E-state index in [1.165, 1.54) is 11.8 Å². The van der Waals surface area contributed by atoms with Crippen molar-refractivity contribution in [2.24, 2.45) is 0 Å². The first kappa shape index (κ1) is 17.7. The van der Waals surface area contributed by atoms with Crippen molar-refractivity contribution < 1.29 is 4.79 Å². The molecule has 0 fully saturated rings. The number of rotatable bonds is 7. The van der Waals surface area contributed by atoms with E-state index in [4.69, 9.17) is 11.6 Å². The van der Waals surface area contributed by atoms with E-state index in [-0.39, 0.29) is 16.8 Å². The summed E-state index contributed by atoms with van der Waals surface area (Å²) in [6.45, 7) is 7.12. The molecule has 23 heavy (non-hydrogen) atoms. The second kappa shape index (κ2) is 8.31. The molecule has 8 heteroatoms. The Morgan fingerprint density at radius 1 is 1.43 bits per heavy atom. The van der Waals surface area contributed by atoms with E-state index in [2.05, 4.69) is 45.8 Å². The van der Waals surface area contributed by atoms with Crippen molar-refractivity contribution in [2.75, 3.05) is 11.1 Å². The lowest BCUT2D eigenvalue weighted by Gasteiger charge is -2.10. The van der Waals surface area contributed by atoms with E-state index in [9.17, 15) is 4.79 Å². The highest BCUT2D eigenvalue weighted by Crippen LogP contribution is 2.23. The molecule has 2 heterocycles. The number of carbonyl (C=O) groups excluding carboxylic acids is 1. The fourth-order valence-electron chi connectivity index (χ4n) is 2.06.